The highest BCUT2D eigenvalue weighted by atomic mass is 79.9. The van der Waals surface area contributed by atoms with Gasteiger partial charge in [0.25, 0.3) is 0 Å². The van der Waals surface area contributed by atoms with E-state index in [0.717, 1.165) is 21.5 Å². The van der Waals surface area contributed by atoms with Gasteiger partial charge in [-0.2, -0.15) is 0 Å². The molecule has 5 heteroatoms. The third-order valence-corrected chi connectivity index (χ3v) is 5.66. The summed E-state index contributed by atoms with van der Waals surface area (Å²) in [5, 5.41) is 0. The van der Waals surface area contributed by atoms with E-state index >= 15 is 0 Å². The topological polar surface area (TPSA) is 42.9 Å². The molecule has 0 aromatic carbocycles. The Morgan fingerprint density at radius 2 is 2.10 bits per heavy atom. The molecule has 0 aliphatic heterocycles. The van der Waals surface area contributed by atoms with Crippen molar-refractivity contribution in [2.75, 3.05) is 0 Å². The zero-order chi connectivity index (χ0) is 14.5. The SMILES string of the molecule is Cc1sc(-c2ncc3c(n2)CC(C)(C)CC3=O)cc1Br. The zero-order valence-corrected chi connectivity index (χ0v) is 14.1. The molecule has 0 N–H and O–H groups in total. The average Bonchev–Trinajstić information content (AvgIpc) is 2.67. The van der Waals surface area contributed by atoms with Crippen molar-refractivity contribution in [3.63, 3.8) is 0 Å². The smallest absolute Gasteiger partial charge is 0.169 e. The van der Waals surface area contributed by atoms with Crippen molar-refractivity contribution >= 4 is 33.0 Å². The molecule has 0 radical (unpaired) electrons. The number of aryl methyl sites for hydroxylation is 1. The van der Waals surface area contributed by atoms with E-state index in [4.69, 9.17) is 0 Å². The second kappa shape index (κ2) is 4.74. The normalized spacial score (nSPS) is 17.1. The van der Waals surface area contributed by atoms with Crippen molar-refractivity contribution in [2.24, 2.45) is 5.41 Å². The van der Waals surface area contributed by atoms with E-state index in [-0.39, 0.29) is 11.2 Å². The number of carbonyl (C=O) groups excluding carboxylic acids is 1. The first-order valence-corrected chi connectivity index (χ1v) is 8.12. The van der Waals surface area contributed by atoms with Crippen LogP contribution < -0.4 is 0 Å². The Bertz CT molecular complexity index is 686. The number of hydrogen-bond donors (Lipinski definition) is 0. The summed E-state index contributed by atoms with van der Waals surface area (Å²) < 4.78 is 1.08. The van der Waals surface area contributed by atoms with Gasteiger partial charge in [-0.15, -0.1) is 11.3 Å². The van der Waals surface area contributed by atoms with Crippen LogP contribution in [0.1, 0.15) is 41.2 Å². The van der Waals surface area contributed by atoms with Gasteiger partial charge >= 0.3 is 0 Å². The Labute approximate surface area is 130 Å². The summed E-state index contributed by atoms with van der Waals surface area (Å²) >= 11 is 5.18. The monoisotopic (exact) mass is 350 g/mol. The van der Waals surface area contributed by atoms with E-state index in [2.05, 4.69) is 46.7 Å². The number of carbonyl (C=O) groups is 1. The van der Waals surface area contributed by atoms with Gasteiger partial charge in [-0.05, 0) is 40.8 Å². The minimum absolute atomic E-state index is 0.0122. The summed E-state index contributed by atoms with van der Waals surface area (Å²) in [5.41, 5.74) is 1.57. The molecular formula is C15H15BrN2OS. The first-order valence-electron chi connectivity index (χ1n) is 6.51. The maximum absolute atomic E-state index is 12.1. The van der Waals surface area contributed by atoms with E-state index in [0.29, 0.717) is 17.8 Å². The Hall–Kier alpha value is -1.07. The Kier molecular flexibility index (Phi) is 3.29. The lowest BCUT2D eigenvalue weighted by molar-refractivity contribution is 0.0910. The molecule has 0 spiro atoms. The first kappa shape index (κ1) is 13.9. The van der Waals surface area contributed by atoms with Crippen LogP contribution in [0, 0.1) is 12.3 Å². The summed E-state index contributed by atoms with van der Waals surface area (Å²) in [5.74, 6) is 0.874. The standard InChI is InChI=1S/C15H15BrN2OS/c1-8-10(16)4-13(20-8)14-17-7-9-11(18-14)5-15(2,3)6-12(9)19/h4,7H,5-6H2,1-3H3. The highest BCUT2D eigenvalue weighted by molar-refractivity contribution is 9.10. The highest BCUT2D eigenvalue weighted by Crippen LogP contribution is 2.36. The lowest BCUT2D eigenvalue weighted by Gasteiger charge is -2.29. The highest BCUT2D eigenvalue weighted by Gasteiger charge is 2.32. The van der Waals surface area contributed by atoms with Crippen LogP contribution in [0.2, 0.25) is 0 Å². The molecule has 2 aromatic rings. The lowest BCUT2D eigenvalue weighted by atomic mass is 9.76. The lowest BCUT2D eigenvalue weighted by Crippen LogP contribution is -2.28. The maximum atomic E-state index is 12.1. The summed E-state index contributed by atoms with van der Waals surface area (Å²) in [4.78, 5) is 23.4. The Morgan fingerprint density at radius 1 is 1.35 bits per heavy atom. The molecule has 0 fully saturated rings. The van der Waals surface area contributed by atoms with Crippen LogP contribution in [0.25, 0.3) is 10.7 Å². The molecule has 0 saturated heterocycles. The molecule has 1 aliphatic rings. The summed E-state index contributed by atoms with van der Waals surface area (Å²) in [6, 6.07) is 2.04. The van der Waals surface area contributed by atoms with Crippen LogP contribution in [-0.2, 0) is 6.42 Å². The summed E-state index contributed by atoms with van der Waals surface area (Å²) in [6.45, 7) is 6.28. The second-order valence-corrected chi connectivity index (χ2v) is 8.12. The van der Waals surface area contributed by atoms with Gasteiger partial charge in [0.2, 0.25) is 0 Å². The van der Waals surface area contributed by atoms with Crippen LogP contribution in [0.15, 0.2) is 16.7 Å². The molecule has 0 bridgehead atoms. The fourth-order valence-electron chi connectivity index (χ4n) is 2.52. The molecule has 0 amide bonds. The minimum atomic E-state index is -0.0122. The number of Topliss-reactive ketones (excluding diaryl/α,β-unsaturated/α-hetero) is 1. The van der Waals surface area contributed by atoms with Crippen molar-refractivity contribution in [3.05, 3.63) is 32.9 Å². The number of rotatable bonds is 1. The van der Waals surface area contributed by atoms with Gasteiger partial charge in [0.15, 0.2) is 11.6 Å². The van der Waals surface area contributed by atoms with Gasteiger partial charge < -0.3 is 0 Å². The minimum Gasteiger partial charge on any atom is -0.294 e. The number of thiophene rings is 1. The van der Waals surface area contributed by atoms with Crippen molar-refractivity contribution < 1.29 is 4.79 Å². The molecule has 0 saturated carbocycles. The third kappa shape index (κ3) is 2.44. The maximum Gasteiger partial charge on any atom is 0.169 e. The van der Waals surface area contributed by atoms with Crippen LogP contribution >= 0.6 is 27.3 Å². The molecule has 0 atom stereocenters. The van der Waals surface area contributed by atoms with E-state index in [9.17, 15) is 4.79 Å². The number of nitrogens with zero attached hydrogens (tertiary/aromatic N) is 2. The first-order chi connectivity index (χ1) is 9.35. The van der Waals surface area contributed by atoms with Crippen molar-refractivity contribution in [2.45, 2.75) is 33.6 Å². The quantitative estimate of drug-likeness (QED) is 0.763. The number of hydrogen-bond acceptors (Lipinski definition) is 4. The van der Waals surface area contributed by atoms with Crippen LogP contribution in [0.4, 0.5) is 0 Å². The van der Waals surface area contributed by atoms with Gasteiger partial charge in [-0.1, -0.05) is 13.8 Å². The van der Waals surface area contributed by atoms with Crippen molar-refractivity contribution in [1.29, 1.82) is 0 Å². The summed E-state index contributed by atoms with van der Waals surface area (Å²) in [7, 11) is 0. The second-order valence-electron chi connectivity index (χ2n) is 6.01. The third-order valence-electron chi connectivity index (χ3n) is 3.53. The van der Waals surface area contributed by atoms with Gasteiger partial charge in [0.1, 0.15) is 0 Å². The number of halogens is 1. The fourth-order valence-corrected chi connectivity index (χ4v) is 4.00. The largest absolute Gasteiger partial charge is 0.294 e. The molecular weight excluding hydrogens is 336 g/mol. The van der Waals surface area contributed by atoms with E-state index < -0.39 is 0 Å². The number of ketones is 1. The summed E-state index contributed by atoms with van der Waals surface area (Å²) in [6.07, 6.45) is 3.10. The molecule has 3 nitrogen and oxygen atoms in total. The molecule has 2 aromatic heterocycles. The van der Waals surface area contributed by atoms with E-state index in [1.807, 2.05) is 6.07 Å². The average molecular weight is 351 g/mol. The van der Waals surface area contributed by atoms with Crippen molar-refractivity contribution in [1.82, 2.24) is 9.97 Å². The molecule has 104 valence electrons. The van der Waals surface area contributed by atoms with E-state index in [1.54, 1.807) is 17.5 Å². The van der Waals surface area contributed by atoms with Gasteiger partial charge in [-0.25, -0.2) is 9.97 Å². The van der Waals surface area contributed by atoms with E-state index in [1.165, 1.54) is 4.88 Å². The molecule has 20 heavy (non-hydrogen) atoms. The fraction of sp³-hybridized carbons (Fsp3) is 0.400. The predicted octanol–water partition coefficient (Wildman–Crippen LogP) is 4.43. The number of aromatic nitrogens is 2. The molecule has 3 rings (SSSR count). The number of fused-ring (bicyclic) bond motifs is 1. The molecule has 2 heterocycles. The predicted molar refractivity (Wildman–Crippen MR) is 84.2 cm³/mol. The van der Waals surface area contributed by atoms with Crippen LogP contribution in [-0.4, -0.2) is 15.8 Å². The van der Waals surface area contributed by atoms with Crippen LogP contribution in [0.3, 0.4) is 0 Å². The Balaban J connectivity index is 2.07. The molecule has 1 aliphatic carbocycles. The van der Waals surface area contributed by atoms with Gasteiger partial charge in [-0.3, -0.25) is 4.79 Å². The Morgan fingerprint density at radius 3 is 2.75 bits per heavy atom. The van der Waals surface area contributed by atoms with Crippen LogP contribution in [0.5, 0.6) is 0 Å². The zero-order valence-electron chi connectivity index (χ0n) is 11.7. The molecule has 0 unspecified atom stereocenters. The van der Waals surface area contributed by atoms with Gasteiger partial charge in [0.05, 0.1) is 16.1 Å². The van der Waals surface area contributed by atoms with Gasteiger partial charge in [0, 0.05) is 22.0 Å². The van der Waals surface area contributed by atoms with Crippen molar-refractivity contribution in [3.8, 4) is 10.7 Å².